The molecule has 144 valence electrons. The highest BCUT2D eigenvalue weighted by Gasteiger charge is 2.36. The summed E-state index contributed by atoms with van der Waals surface area (Å²) in [4.78, 5) is 23.8. The monoisotopic (exact) mass is 383 g/mol. The summed E-state index contributed by atoms with van der Waals surface area (Å²) >= 11 is 0. The maximum absolute atomic E-state index is 12.4. The van der Waals surface area contributed by atoms with Gasteiger partial charge >= 0.3 is 5.97 Å². The highest BCUT2D eigenvalue weighted by Crippen LogP contribution is 2.27. The second kappa shape index (κ2) is 8.61. The number of likely N-dealkylation sites (N-methyl/N-ethyl adjacent to an activating group) is 1. The smallest absolute Gasteiger partial charge is 0.317 e. The van der Waals surface area contributed by atoms with Crippen molar-refractivity contribution in [3.05, 3.63) is 29.8 Å². The first-order valence-electron chi connectivity index (χ1n) is 8.52. The van der Waals surface area contributed by atoms with Crippen molar-refractivity contribution in [3.63, 3.8) is 0 Å². The molecule has 1 amide bonds. The van der Waals surface area contributed by atoms with Crippen molar-refractivity contribution >= 4 is 21.9 Å². The van der Waals surface area contributed by atoms with E-state index >= 15 is 0 Å². The Morgan fingerprint density at radius 3 is 2.35 bits per heavy atom. The van der Waals surface area contributed by atoms with Gasteiger partial charge in [-0.2, -0.15) is 0 Å². The van der Waals surface area contributed by atoms with Crippen molar-refractivity contribution in [2.75, 3.05) is 13.1 Å². The van der Waals surface area contributed by atoms with Gasteiger partial charge in [-0.3, -0.25) is 14.5 Å². The lowest BCUT2D eigenvalue weighted by molar-refractivity contribution is -0.139. The molecule has 26 heavy (non-hydrogen) atoms. The van der Waals surface area contributed by atoms with E-state index in [4.69, 9.17) is 5.11 Å². The van der Waals surface area contributed by atoms with Crippen LogP contribution in [0.5, 0.6) is 0 Å². The van der Waals surface area contributed by atoms with E-state index in [1.54, 1.807) is 12.1 Å². The molecule has 0 radical (unpaired) electrons. The Kier molecular flexibility index (Phi) is 6.74. The van der Waals surface area contributed by atoms with Crippen LogP contribution < -0.4 is 10.0 Å². The first-order chi connectivity index (χ1) is 12.2. The first kappa shape index (κ1) is 20.3. The number of nitrogens with one attached hydrogen (secondary N) is 2. The van der Waals surface area contributed by atoms with Crippen LogP contribution >= 0.6 is 0 Å². The number of benzene rings is 1. The van der Waals surface area contributed by atoms with Gasteiger partial charge in [-0.05, 0) is 37.1 Å². The van der Waals surface area contributed by atoms with Crippen molar-refractivity contribution in [2.24, 2.45) is 0 Å². The molecule has 9 heteroatoms. The number of carbonyl (C=O) groups is 2. The average Bonchev–Trinajstić information content (AvgIpc) is 2.54. The zero-order valence-corrected chi connectivity index (χ0v) is 15.8. The summed E-state index contributed by atoms with van der Waals surface area (Å²) in [5.41, 5.74) is 0.815. The number of hydrogen-bond acceptors (Lipinski definition) is 5. The van der Waals surface area contributed by atoms with E-state index in [0.29, 0.717) is 25.9 Å². The van der Waals surface area contributed by atoms with Crippen molar-refractivity contribution in [2.45, 2.75) is 50.2 Å². The number of nitrogens with zero attached hydrogens (tertiary/aromatic N) is 1. The van der Waals surface area contributed by atoms with Crippen LogP contribution in [0.3, 0.4) is 0 Å². The predicted octanol–water partition coefficient (Wildman–Crippen LogP) is 0.539. The molecule has 1 aromatic rings. The minimum absolute atomic E-state index is 0.0314. The quantitative estimate of drug-likeness (QED) is 0.573. The number of rotatable bonds is 9. The van der Waals surface area contributed by atoms with Crippen LogP contribution in [0, 0.1) is 0 Å². The second-order valence-electron chi connectivity index (χ2n) is 6.45. The van der Waals surface area contributed by atoms with Crippen molar-refractivity contribution in [3.8, 4) is 0 Å². The molecule has 1 aliphatic rings. The standard InChI is InChI=1S/C17H25N3O5S/c1-3-20(11-17(22)23)15-8-14(9-15)19-26(24,25)16-6-4-13(5-7-16)10-18-12(2)21/h4-7,14-15,19H,3,8-11H2,1-2H3,(H,18,21)(H,22,23). The normalized spacial score (nSPS) is 19.8. The molecule has 1 saturated carbocycles. The molecule has 0 heterocycles. The van der Waals surface area contributed by atoms with Crippen LogP contribution in [-0.4, -0.2) is 55.5 Å². The third-order valence-corrected chi connectivity index (χ3v) is 6.01. The highest BCUT2D eigenvalue weighted by molar-refractivity contribution is 7.89. The van der Waals surface area contributed by atoms with E-state index < -0.39 is 16.0 Å². The number of carboxylic acid groups (broad SMARTS) is 1. The van der Waals surface area contributed by atoms with E-state index in [0.717, 1.165) is 5.56 Å². The molecule has 0 saturated heterocycles. The molecule has 0 atom stereocenters. The third kappa shape index (κ3) is 5.52. The lowest BCUT2D eigenvalue weighted by Crippen LogP contribution is -2.54. The minimum atomic E-state index is -3.62. The lowest BCUT2D eigenvalue weighted by Gasteiger charge is -2.42. The van der Waals surface area contributed by atoms with Gasteiger partial charge in [-0.15, -0.1) is 0 Å². The fraction of sp³-hybridized carbons (Fsp3) is 0.529. The average molecular weight is 383 g/mol. The zero-order chi connectivity index (χ0) is 19.3. The minimum Gasteiger partial charge on any atom is -0.480 e. The lowest BCUT2D eigenvalue weighted by atomic mass is 9.86. The number of sulfonamides is 1. The van der Waals surface area contributed by atoms with Crippen LogP contribution in [0.25, 0.3) is 0 Å². The molecule has 0 aromatic heterocycles. The van der Waals surface area contributed by atoms with Crippen molar-refractivity contribution < 1.29 is 23.1 Å². The zero-order valence-electron chi connectivity index (χ0n) is 14.9. The summed E-state index contributed by atoms with van der Waals surface area (Å²) in [6, 6.07) is 6.26. The van der Waals surface area contributed by atoms with Gasteiger partial charge in [0.2, 0.25) is 15.9 Å². The molecule has 0 spiro atoms. The van der Waals surface area contributed by atoms with Gasteiger partial charge in [0.1, 0.15) is 0 Å². The van der Waals surface area contributed by atoms with Gasteiger partial charge in [0, 0.05) is 25.6 Å². The van der Waals surface area contributed by atoms with Crippen molar-refractivity contribution in [1.82, 2.24) is 14.9 Å². The van der Waals surface area contributed by atoms with Crippen LogP contribution in [0.4, 0.5) is 0 Å². The van der Waals surface area contributed by atoms with E-state index in [-0.39, 0.29) is 29.4 Å². The summed E-state index contributed by atoms with van der Waals surface area (Å²) in [5, 5.41) is 11.6. The fourth-order valence-corrected chi connectivity index (χ4v) is 4.22. The van der Waals surface area contributed by atoms with Crippen LogP contribution in [0.2, 0.25) is 0 Å². The van der Waals surface area contributed by atoms with Crippen molar-refractivity contribution in [1.29, 1.82) is 0 Å². The molecule has 1 aromatic carbocycles. The Balaban J connectivity index is 1.89. The summed E-state index contributed by atoms with van der Waals surface area (Å²) in [6.07, 6.45) is 1.20. The predicted molar refractivity (Wildman–Crippen MR) is 96.0 cm³/mol. The Hall–Kier alpha value is -1.97. The fourth-order valence-electron chi connectivity index (χ4n) is 2.96. The molecule has 3 N–H and O–H groups in total. The first-order valence-corrected chi connectivity index (χ1v) is 10.0. The summed E-state index contributed by atoms with van der Waals surface area (Å²) in [7, 11) is -3.62. The highest BCUT2D eigenvalue weighted by atomic mass is 32.2. The molecule has 1 fully saturated rings. The van der Waals surface area contributed by atoms with Gasteiger partial charge in [0.05, 0.1) is 11.4 Å². The van der Waals surface area contributed by atoms with E-state index in [9.17, 15) is 18.0 Å². The van der Waals surface area contributed by atoms with Gasteiger partial charge in [-0.25, -0.2) is 13.1 Å². The number of carbonyl (C=O) groups excluding carboxylic acids is 1. The third-order valence-electron chi connectivity index (χ3n) is 4.47. The van der Waals surface area contributed by atoms with Crippen LogP contribution in [0.15, 0.2) is 29.2 Å². The Morgan fingerprint density at radius 1 is 1.23 bits per heavy atom. The molecule has 8 nitrogen and oxygen atoms in total. The molecular formula is C17H25N3O5S. The SMILES string of the molecule is CCN(CC(=O)O)C1CC(NS(=O)(=O)c2ccc(CNC(C)=O)cc2)C1. The van der Waals surface area contributed by atoms with Crippen LogP contribution in [0.1, 0.15) is 32.3 Å². The molecule has 1 aliphatic carbocycles. The molecular weight excluding hydrogens is 358 g/mol. The van der Waals surface area contributed by atoms with Crippen LogP contribution in [-0.2, 0) is 26.2 Å². The number of amides is 1. The topological polar surface area (TPSA) is 116 Å². The molecule has 0 bridgehead atoms. The Morgan fingerprint density at radius 2 is 1.85 bits per heavy atom. The van der Waals surface area contributed by atoms with Gasteiger partial charge in [0.15, 0.2) is 0 Å². The summed E-state index contributed by atoms with van der Waals surface area (Å²) < 4.78 is 27.6. The Labute approximate surface area is 153 Å². The molecule has 0 aliphatic heterocycles. The Bertz CT molecular complexity index is 742. The number of carboxylic acids is 1. The summed E-state index contributed by atoms with van der Waals surface area (Å²) in [5.74, 6) is -1.03. The van der Waals surface area contributed by atoms with E-state index in [1.165, 1.54) is 19.1 Å². The second-order valence-corrected chi connectivity index (χ2v) is 8.17. The number of aliphatic carboxylic acids is 1. The number of hydrogen-bond donors (Lipinski definition) is 3. The largest absolute Gasteiger partial charge is 0.480 e. The summed E-state index contributed by atoms with van der Waals surface area (Å²) in [6.45, 7) is 4.25. The van der Waals surface area contributed by atoms with E-state index in [1.807, 2.05) is 11.8 Å². The van der Waals surface area contributed by atoms with Gasteiger partial charge in [0.25, 0.3) is 0 Å². The van der Waals surface area contributed by atoms with Gasteiger partial charge < -0.3 is 10.4 Å². The maximum Gasteiger partial charge on any atom is 0.317 e. The molecule has 0 unspecified atom stereocenters. The van der Waals surface area contributed by atoms with Gasteiger partial charge in [-0.1, -0.05) is 19.1 Å². The van der Waals surface area contributed by atoms with E-state index in [2.05, 4.69) is 10.0 Å². The maximum atomic E-state index is 12.4. The molecule has 2 rings (SSSR count).